The van der Waals surface area contributed by atoms with Gasteiger partial charge in [-0.15, -0.1) is 22.7 Å². The summed E-state index contributed by atoms with van der Waals surface area (Å²) in [5.74, 6) is 0. The first kappa shape index (κ1) is 12.3. The van der Waals surface area contributed by atoms with Crippen LogP contribution in [0.2, 0.25) is 0 Å². The average molecular weight is 279 g/mol. The van der Waals surface area contributed by atoms with E-state index in [9.17, 15) is 0 Å². The number of thiazole rings is 2. The summed E-state index contributed by atoms with van der Waals surface area (Å²) in [5.41, 5.74) is 2.38. The van der Waals surface area contributed by atoms with Crippen molar-refractivity contribution in [3.8, 4) is 10.0 Å². The third-order valence-corrected chi connectivity index (χ3v) is 5.52. The van der Waals surface area contributed by atoms with E-state index in [1.165, 1.54) is 23.4 Å². The van der Waals surface area contributed by atoms with E-state index in [4.69, 9.17) is 4.98 Å². The molecule has 1 aliphatic carbocycles. The Morgan fingerprint density at radius 1 is 1.39 bits per heavy atom. The van der Waals surface area contributed by atoms with Crippen LogP contribution in [0.15, 0.2) is 5.38 Å². The summed E-state index contributed by atoms with van der Waals surface area (Å²) >= 11 is 3.52. The average Bonchev–Trinajstić information content (AvgIpc) is 2.95. The van der Waals surface area contributed by atoms with Gasteiger partial charge >= 0.3 is 0 Å². The maximum Gasteiger partial charge on any atom is 0.152 e. The van der Waals surface area contributed by atoms with Gasteiger partial charge in [0.1, 0.15) is 0 Å². The van der Waals surface area contributed by atoms with Crippen molar-refractivity contribution < 1.29 is 0 Å². The number of aryl methyl sites for hydroxylation is 2. The predicted octanol–water partition coefficient (Wildman–Crippen LogP) is 3.56. The molecular weight excluding hydrogens is 262 g/mol. The number of nitrogens with one attached hydrogen (secondary N) is 1. The van der Waals surface area contributed by atoms with Crippen molar-refractivity contribution in [1.29, 1.82) is 0 Å². The molecule has 1 unspecified atom stereocenters. The molecular formula is C13H17N3S2. The van der Waals surface area contributed by atoms with Crippen LogP contribution in [0.4, 0.5) is 0 Å². The first-order valence-corrected chi connectivity index (χ1v) is 8.13. The van der Waals surface area contributed by atoms with Crippen LogP contribution >= 0.6 is 22.7 Å². The fourth-order valence-electron chi connectivity index (χ4n) is 2.40. The molecule has 1 atom stereocenters. The largest absolute Gasteiger partial charge is 0.309 e. The number of fused-ring (bicyclic) bond motifs is 1. The van der Waals surface area contributed by atoms with Crippen molar-refractivity contribution >= 4 is 22.7 Å². The topological polar surface area (TPSA) is 37.8 Å². The first-order chi connectivity index (χ1) is 8.78. The van der Waals surface area contributed by atoms with Crippen LogP contribution in [0.1, 0.15) is 42.1 Å². The van der Waals surface area contributed by atoms with E-state index in [1.54, 1.807) is 11.3 Å². The normalized spacial score (nSPS) is 18.9. The molecule has 0 spiro atoms. The molecule has 0 saturated carbocycles. The van der Waals surface area contributed by atoms with Crippen molar-refractivity contribution in [3.05, 3.63) is 21.6 Å². The molecule has 1 N–H and O–H groups in total. The molecule has 0 amide bonds. The highest BCUT2D eigenvalue weighted by molar-refractivity contribution is 7.20. The molecule has 18 heavy (non-hydrogen) atoms. The SMILES string of the molecule is CCNC1CCCc2nc(-c3nc(C)cs3)sc21. The van der Waals surface area contributed by atoms with Crippen LogP contribution < -0.4 is 5.32 Å². The van der Waals surface area contributed by atoms with Crippen LogP contribution in [-0.2, 0) is 6.42 Å². The van der Waals surface area contributed by atoms with Crippen LogP contribution in [0.25, 0.3) is 10.0 Å². The molecule has 0 aromatic carbocycles. The van der Waals surface area contributed by atoms with Crippen molar-refractivity contribution in [2.45, 2.75) is 39.2 Å². The van der Waals surface area contributed by atoms with Gasteiger partial charge in [-0.05, 0) is 32.7 Å². The minimum Gasteiger partial charge on any atom is -0.309 e. The van der Waals surface area contributed by atoms with E-state index >= 15 is 0 Å². The molecule has 2 heterocycles. The van der Waals surface area contributed by atoms with Crippen LogP contribution in [0, 0.1) is 6.92 Å². The van der Waals surface area contributed by atoms with Gasteiger partial charge in [-0.1, -0.05) is 6.92 Å². The minimum absolute atomic E-state index is 0.506. The number of aromatic nitrogens is 2. The zero-order valence-corrected chi connectivity index (χ0v) is 12.3. The molecule has 2 aromatic rings. The Kier molecular flexibility index (Phi) is 3.46. The van der Waals surface area contributed by atoms with E-state index in [2.05, 4.69) is 22.6 Å². The Balaban J connectivity index is 1.95. The smallest absolute Gasteiger partial charge is 0.152 e. The summed E-state index contributed by atoms with van der Waals surface area (Å²) in [6.45, 7) is 5.23. The van der Waals surface area contributed by atoms with Gasteiger partial charge in [0.25, 0.3) is 0 Å². The highest BCUT2D eigenvalue weighted by atomic mass is 32.1. The molecule has 96 valence electrons. The number of hydrogen-bond donors (Lipinski definition) is 1. The number of rotatable bonds is 3. The lowest BCUT2D eigenvalue weighted by molar-refractivity contribution is 0.476. The van der Waals surface area contributed by atoms with E-state index in [0.717, 1.165) is 28.7 Å². The number of nitrogens with zero attached hydrogens (tertiary/aromatic N) is 2. The van der Waals surface area contributed by atoms with Gasteiger partial charge in [0.15, 0.2) is 10.0 Å². The standard InChI is InChI=1S/C13H17N3S2/c1-3-14-9-5-4-6-10-11(9)18-13(16-10)12-15-8(2)7-17-12/h7,9,14H,3-6H2,1-2H3. The second kappa shape index (κ2) is 5.07. The lowest BCUT2D eigenvalue weighted by atomic mass is 9.98. The van der Waals surface area contributed by atoms with E-state index in [1.807, 2.05) is 18.3 Å². The maximum absolute atomic E-state index is 4.79. The molecule has 0 fully saturated rings. The molecule has 2 aromatic heterocycles. The third kappa shape index (κ3) is 2.22. The summed E-state index contributed by atoms with van der Waals surface area (Å²) in [4.78, 5) is 10.8. The van der Waals surface area contributed by atoms with Crippen LogP contribution in [0.3, 0.4) is 0 Å². The van der Waals surface area contributed by atoms with Crippen molar-refractivity contribution in [2.24, 2.45) is 0 Å². The minimum atomic E-state index is 0.506. The first-order valence-electron chi connectivity index (χ1n) is 6.43. The highest BCUT2D eigenvalue weighted by Gasteiger charge is 2.24. The fourth-order valence-corrected chi connectivity index (χ4v) is 4.46. The Labute approximate surface area is 115 Å². The summed E-state index contributed by atoms with van der Waals surface area (Å²) in [7, 11) is 0. The van der Waals surface area contributed by atoms with E-state index in [0.29, 0.717) is 6.04 Å². The quantitative estimate of drug-likeness (QED) is 0.933. The van der Waals surface area contributed by atoms with Gasteiger partial charge in [-0.3, -0.25) is 0 Å². The molecule has 0 bridgehead atoms. The third-order valence-electron chi connectivity index (χ3n) is 3.20. The second-order valence-corrected chi connectivity index (χ2v) is 6.52. The maximum atomic E-state index is 4.79. The molecule has 0 saturated heterocycles. The van der Waals surface area contributed by atoms with Gasteiger partial charge in [0.05, 0.1) is 5.69 Å². The zero-order valence-electron chi connectivity index (χ0n) is 10.7. The number of hydrogen-bond acceptors (Lipinski definition) is 5. The summed E-state index contributed by atoms with van der Waals surface area (Å²) in [6.07, 6.45) is 3.60. The van der Waals surface area contributed by atoms with Gasteiger partial charge < -0.3 is 5.32 Å². The molecule has 3 nitrogen and oxygen atoms in total. The van der Waals surface area contributed by atoms with Gasteiger partial charge in [-0.25, -0.2) is 9.97 Å². The van der Waals surface area contributed by atoms with Crippen LogP contribution in [-0.4, -0.2) is 16.5 Å². The van der Waals surface area contributed by atoms with Crippen molar-refractivity contribution in [1.82, 2.24) is 15.3 Å². The molecule has 1 aliphatic rings. The van der Waals surface area contributed by atoms with Crippen molar-refractivity contribution in [3.63, 3.8) is 0 Å². The summed E-state index contributed by atoms with van der Waals surface area (Å²) in [5, 5.41) is 7.83. The fraction of sp³-hybridized carbons (Fsp3) is 0.538. The van der Waals surface area contributed by atoms with Gasteiger partial charge in [0, 0.05) is 22.0 Å². The second-order valence-electron chi connectivity index (χ2n) is 4.63. The Bertz CT molecular complexity index is 544. The monoisotopic (exact) mass is 279 g/mol. The van der Waals surface area contributed by atoms with Crippen molar-refractivity contribution in [2.75, 3.05) is 6.54 Å². The van der Waals surface area contributed by atoms with Gasteiger partial charge in [-0.2, -0.15) is 0 Å². The summed E-state index contributed by atoms with van der Waals surface area (Å²) in [6, 6.07) is 0.506. The molecule has 0 aliphatic heterocycles. The molecule has 0 radical (unpaired) electrons. The molecule has 3 rings (SSSR count). The zero-order chi connectivity index (χ0) is 12.5. The Morgan fingerprint density at radius 3 is 3.00 bits per heavy atom. The summed E-state index contributed by atoms with van der Waals surface area (Å²) < 4.78 is 0. The Morgan fingerprint density at radius 2 is 2.28 bits per heavy atom. The van der Waals surface area contributed by atoms with Gasteiger partial charge in [0.2, 0.25) is 0 Å². The van der Waals surface area contributed by atoms with Crippen LogP contribution in [0.5, 0.6) is 0 Å². The van der Waals surface area contributed by atoms with E-state index in [-0.39, 0.29) is 0 Å². The molecule has 5 heteroatoms. The predicted molar refractivity (Wildman–Crippen MR) is 77.3 cm³/mol. The lowest BCUT2D eigenvalue weighted by Crippen LogP contribution is -2.23. The highest BCUT2D eigenvalue weighted by Crippen LogP contribution is 2.38. The van der Waals surface area contributed by atoms with E-state index < -0.39 is 0 Å². The lowest BCUT2D eigenvalue weighted by Gasteiger charge is -2.21. The Hall–Kier alpha value is -0.780.